The largest absolute Gasteiger partial charge is 0.351 e. The molecule has 0 aromatic heterocycles. The number of urea groups is 1. The number of carbonyl (C=O) groups excluding carboxylic acids is 2. The van der Waals surface area contributed by atoms with Crippen LogP contribution in [0.15, 0.2) is 0 Å². The molecule has 6 heteroatoms. The fourth-order valence-electron chi connectivity index (χ4n) is 1.82. The van der Waals surface area contributed by atoms with Crippen molar-refractivity contribution in [1.82, 2.24) is 9.80 Å². The van der Waals surface area contributed by atoms with Crippen molar-refractivity contribution in [3.63, 3.8) is 0 Å². The molecule has 1 aliphatic rings. The van der Waals surface area contributed by atoms with Crippen molar-refractivity contribution in [1.29, 1.82) is 0 Å². The number of nitrogens with two attached hydrogens (primary N) is 2. The molecule has 6 nitrogen and oxygen atoms in total. The standard InChI is InChI=1S/C9H18N4O2/c1-12(8(14)6-10)7-2-4-13(5-3-7)9(11)15/h7H,2-6,10H2,1H3,(H2,11,15). The van der Waals surface area contributed by atoms with Gasteiger partial charge in [-0.1, -0.05) is 0 Å². The molecule has 4 N–H and O–H groups in total. The van der Waals surface area contributed by atoms with Crippen LogP contribution in [0.4, 0.5) is 4.79 Å². The highest BCUT2D eigenvalue weighted by Gasteiger charge is 2.25. The molecule has 0 aliphatic carbocycles. The highest BCUT2D eigenvalue weighted by molar-refractivity contribution is 5.78. The van der Waals surface area contributed by atoms with Gasteiger partial charge in [-0.25, -0.2) is 4.79 Å². The van der Waals surface area contributed by atoms with Crippen LogP contribution in [0, 0.1) is 0 Å². The number of hydrogen-bond donors (Lipinski definition) is 2. The van der Waals surface area contributed by atoms with E-state index < -0.39 is 0 Å². The molecule has 0 atom stereocenters. The summed E-state index contributed by atoms with van der Waals surface area (Å²) in [5, 5.41) is 0. The fraction of sp³-hybridized carbons (Fsp3) is 0.778. The Bertz CT molecular complexity index is 248. The molecular formula is C9H18N4O2. The van der Waals surface area contributed by atoms with Gasteiger partial charge in [-0.15, -0.1) is 0 Å². The number of likely N-dealkylation sites (N-methyl/N-ethyl adjacent to an activating group) is 1. The van der Waals surface area contributed by atoms with Gasteiger partial charge in [-0.3, -0.25) is 4.79 Å². The number of carbonyl (C=O) groups is 2. The lowest BCUT2D eigenvalue weighted by Gasteiger charge is -2.35. The molecule has 0 unspecified atom stereocenters. The zero-order valence-corrected chi connectivity index (χ0v) is 8.98. The first-order chi connectivity index (χ1) is 7.06. The van der Waals surface area contributed by atoms with Gasteiger partial charge in [0, 0.05) is 26.2 Å². The summed E-state index contributed by atoms with van der Waals surface area (Å²) in [6, 6.07) is -0.210. The quantitative estimate of drug-likeness (QED) is 0.614. The van der Waals surface area contributed by atoms with Crippen molar-refractivity contribution >= 4 is 11.9 Å². The van der Waals surface area contributed by atoms with Gasteiger partial charge in [0.1, 0.15) is 0 Å². The molecule has 0 saturated carbocycles. The molecular weight excluding hydrogens is 196 g/mol. The third-order valence-electron chi connectivity index (χ3n) is 2.89. The second kappa shape index (κ2) is 4.97. The summed E-state index contributed by atoms with van der Waals surface area (Å²) in [6.45, 7) is 1.26. The van der Waals surface area contributed by atoms with E-state index in [1.165, 1.54) is 0 Å². The Morgan fingerprint density at radius 3 is 2.33 bits per heavy atom. The monoisotopic (exact) mass is 214 g/mol. The Kier molecular flexibility index (Phi) is 3.90. The highest BCUT2D eigenvalue weighted by Crippen LogP contribution is 2.14. The summed E-state index contributed by atoms with van der Waals surface area (Å²) in [5.41, 5.74) is 10.4. The molecule has 1 heterocycles. The van der Waals surface area contributed by atoms with Gasteiger partial charge >= 0.3 is 6.03 Å². The van der Waals surface area contributed by atoms with Gasteiger partial charge in [0.2, 0.25) is 5.91 Å². The van der Waals surface area contributed by atoms with E-state index in [0.29, 0.717) is 13.1 Å². The van der Waals surface area contributed by atoms with Gasteiger partial charge in [0.15, 0.2) is 0 Å². The normalized spacial score (nSPS) is 17.6. The van der Waals surface area contributed by atoms with Crippen LogP contribution in [0.1, 0.15) is 12.8 Å². The summed E-state index contributed by atoms with van der Waals surface area (Å²) in [4.78, 5) is 25.5. The third-order valence-corrected chi connectivity index (χ3v) is 2.89. The van der Waals surface area contributed by atoms with E-state index in [0.717, 1.165) is 12.8 Å². The Balaban J connectivity index is 2.43. The van der Waals surface area contributed by atoms with Crippen LogP contribution in [0.3, 0.4) is 0 Å². The maximum Gasteiger partial charge on any atom is 0.314 e. The van der Waals surface area contributed by atoms with E-state index >= 15 is 0 Å². The van der Waals surface area contributed by atoms with E-state index in [9.17, 15) is 9.59 Å². The zero-order chi connectivity index (χ0) is 11.4. The minimum absolute atomic E-state index is 0.0343. The van der Waals surface area contributed by atoms with Gasteiger partial charge in [0.25, 0.3) is 0 Å². The number of amides is 3. The molecule has 0 spiro atoms. The predicted molar refractivity (Wildman–Crippen MR) is 56.0 cm³/mol. The van der Waals surface area contributed by atoms with Crippen LogP contribution in [0.5, 0.6) is 0 Å². The number of rotatable bonds is 2. The molecule has 15 heavy (non-hydrogen) atoms. The lowest BCUT2D eigenvalue weighted by molar-refractivity contribution is -0.131. The summed E-state index contributed by atoms with van der Waals surface area (Å²) in [5.74, 6) is -0.0625. The molecule has 1 saturated heterocycles. The summed E-state index contributed by atoms with van der Waals surface area (Å²) >= 11 is 0. The molecule has 1 rings (SSSR count). The molecule has 3 amide bonds. The minimum atomic E-state index is -0.388. The van der Waals surface area contributed by atoms with Crippen molar-refractivity contribution in [3.8, 4) is 0 Å². The summed E-state index contributed by atoms with van der Waals surface area (Å²) < 4.78 is 0. The minimum Gasteiger partial charge on any atom is -0.351 e. The van der Waals surface area contributed by atoms with Gasteiger partial charge < -0.3 is 21.3 Å². The van der Waals surface area contributed by atoms with Gasteiger partial charge in [-0.2, -0.15) is 0 Å². The third kappa shape index (κ3) is 2.82. The first-order valence-electron chi connectivity index (χ1n) is 5.06. The van der Waals surface area contributed by atoms with Crippen LogP contribution in [0.2, 0.25) is 0 Å². The maximum absolute atomic E-state index is 11.3. The van der Waals surface area contributed by atoms with Crippen LogP contribution in [-0.2, 0) is 4.79 Å². The molecule has 1 aliphatic heterocycles. The van der Waals surface area contributed by atoms with E-state index in [1.54, 1.807) is 16.8 Å². The first kappa shape index (κ1) is 11.8. The molecule has 0 aromatic rings. The molecule has 0 bridgehead atoms. The smallest absolute Gasteiger partial charge is 0.314 e. The fourth-order valence-corrected chi connectivity index (χ4v) is 1.82. The van der Waals surface area contributed by atoms with Gasteiger partial charge in [0.05, 0.1) is 6.54 Å². The Morgan fingerprint density at radius 1 is 1.40 bits per heavy atom. The number of piperidine rings is 1. The van der Waals surface area contributed by atoms with Crippen LogP contribution in [0.25, 0.3) is 0 Å². The maximum atomic E-state index is 11.3. The van der Waals surface area contributed by atoms with Crippen molar-refractivity contribution < 1.29 is 9.59 Å². The Morgan fingerprint density at radius 2 is 1.93 bits per heavy atom. The van der Waals surface area contributed by atoms with Crippen molar-refractivity contribution in [2.45, 2.75) is 18.9 Å². The molecule has 1 fully saturated rings. The number of primary amides is 1. The Labute approximate surface area is 89.2 Å². The first-order valence-corrected chi connectivity index (χ1v) is 5.06. The van der Waals surface area contributed by atoms with Crippen molar-refractivity contribution in [2.24, 2.45) is 11.5 Å². The predicted octanol–water partition coefficient (Wildman–Crippen LogP) is -1.05. The van der Waals surface area contributed by atoms with E-state index in [-0.39, 0.29) is 24.5 Å². The topological polar surface area (TPSA) is 92.7 Å². The second-order valence-electron chi connectivity index (χ2n) is 3.77. The SMILES string of the molecule is CN(C(=O)CN)C1CCN(C(N)=O)CC1. The lowest BCUT2D eigenvalue weighted by Crippen LogP contribution is -2.49. The van der Waals surface area contributed by atoms with Crippen LogP contribution in [-0.4, -0.2) is 54.5 Å². The van der Waals surface area contributed by atoms with Gasteiger partial charge in [-0.05, 0) is 12.8 Å². The Hall–Kier alpha value is -1.30. The van der Waals surface area contributed by atoms with Crippen LogP contribution >= 0.6 is 0 Å². The molecule has 86 valence electrons. The summed E-state index contributed by atoms with van der Waals surface area (Å²) in [6.07, 6.45) is 1.54. The average molecular weight is 214 g/mol. The zero-order valence-electron chi connectivity index (χ0n) is 8.98. The van der Waals surface area contributed by atoms with Crippen LogP contribution < -0.4 is 11.5 Å². The number of nitrogens with zero attached hydrogens (tertiary/aromatic N) is 2. The van der Waals surface area contributed by atoms with E-state index in [4.69, 9.17) is 11.5 Å². The molecule has 0 radical (unpaired) electrons. The van der Waals surface area contributed by atoms with E-state index in [2.05, 4.69) is 0 Å². The van der Waals surface area contributed by atoms with Crippen molar-refractivity contribution in [3.05, 3.63) is 0 Å². The average Bonchev–Trinajstić information content (AvgIpc) is 2.27. The number of hydrogen-bond acceptors (Lipinski definition) is 3. The second-order valence-corrected chi connectivity index (χ2v) is 3.77. The lowest BCUT2D eigenvalue weighted by atomic mass is 10.0. The number of likely N-dealkylation sites (tertiary alicyclic amines) is 1. The van der Waals surface area contributed by atoms with E-state index in [1.807, 2.05) is 0 Å². The van der Waals surface area contributed by atoms with Crippen molar-refractivity contribution in [2.75, 3.05) is 26.7 Å². The summed E-state index contributed by atoms with van der Waals surface area (Å²) in [7, 11) is 1.75. The molecule has 0 aromatic carbocycles. The highest BCUT2D eigenvalue weighted by atomic mass is 16.2.